The van der Waals surface area contributed by atoms with Crippen molar-refractivity contribution >= 4 is 21.5 Å². The Hall–Kier alpha value is -2.12. The van der Waals surface area contributed by atoms with Gasteiger partial charge < -0.3 is 5.11 Å². The second kappa shape index (κ2) is 12.1. The maximum atomic E-state index is 10.2. The van der Waals surface area contributed by atoms with Gasteiger partial charge in [-0.15, -0.1) is 0 Å². The summed E-state index contributed by atoms with van der Waals surface area (Å²) in [6.07, 6.45) is 17.2. The number of aliphatic hydroxyl groups excluding tert-OH is 1. The van der Waals surface area contributed by atoms with Crippen molar-refractivity contribution in [2.45, 2.75) is 111 Å². The van der Waals surface area contributed by atoms with E-state index in [1.54, 1.807) is 5.57 Å². The van der Waals surface area contributed by atoms with Gasteiger partial charge in [-0.25, -0.2) is 0 Å². The molecular formula is C41H56O. The van der Waals surface area contributed by atoms with E-state index in [4.69, 9.17) is 0 Å². The minimum atomic E-state index is -0.0766. The molecule has 3 aromatic carbocycles. The molecule has 1 heteroatoms. The molecule has 4 aliphatic carbocycles. The van der Waals surface area contributed by atoms with Gasteiger partial charge in [-0.05, 0) is 119 Å². The van der Waals surface area contributed by atoms with Gasteiger partial charge in [-0.1, -0.05) is 126 Å². The van der Waals surface area contributed by atoms with Gasteiger partial charge in [-0.2, -0.15) is 0 Å². The molecule has 0 radical (unpaired) electrons. The first-order valence-electron chi connectivity index (χ1n) is 17.4. The van der Waals surface area contributed by atoms with E-state index >= 15 is 0 Å². The Morgan fingerprint density at radius 2 is 1.43 bits per heavy atom. The highest BCUT2D eigenvalue weighted by Gasteiger charge is 2.59. The van der Waals surface area contributed by atoms with Crippen molar-refractivity contribution in [3.8, 4) is 0 Å². The number of aliphatic hydroxyl groups is 1. The lowest BCUT2D eigenvalue weighted by Crippen LogP contribution is -2.50. The van der Waals surface area contributed by atoms with Crippen LogP contribution < -0.4 is 0 Å². The fourth-order valence-corrected chi connectivity index (χ4v) is 10.6. The lowest BCUT2D eigenvalue weighted by Gasteiger charge is -2.58. The molecule has 0 heterocycles. The van der Waals surface area contributed by atoms with Crippen LogP contribution in [0.1, 0.15) is 105 Å². The lowest BCUT2D eigenvalue weighted by molar-refractivity contribution is -0.0573. The maximum Gasteiger partial charge on any atom is 0.0577 e. The molecule has 1 nitrogen and oxygen atoms in total. The largest absolute Gasteiger partial charge is 0.393 e. The van der Waals surface area contributed by atoms with Crippen LogP contribution in [0, 0.1) is 46.3 Å². The average molecular weight is 565 g/mol. The third kappa shape index (κ3) is 5.49. The van der Waals surface area contributed by atoms with Crippen LogP contribution in [0.4, 0.5) is 0 Å². The zero-order chi connectivity index (χ0) is 29.5. The molecule has 0 bridgehead atoms. The van der Waals surface area contributed by atoms with Crippen LogP contribution in [0.5, 0.6) is 0 Å². The van der Waals surface area contributed by atoms with Gasteiger partial charge >= 0.3 is 0 Å². The molecular weight excluding hydrogens is 508 g/mol. The maximum absolute atomic E-state index is 10.2. The normalized spacial score (nSPS) is 34.6. The molecule has 8 atom stereocenters. The summed E-state index contributed by atoms with van der Waals surface area (Å²) in [6.45, 7) is 12.6. The van der Waals surface area contributed by atoms with Crippen molar-refractivity contribution in [3.05, 3.63) is 72.3 Å². The van der Waals surface area contributed by atoms with Crippen LogP contribution in [-0.4, -0.2) is 11.2 Å². The summed E-state index contributed by atoms with van der Waals surface area (Å²) in [6, 6.07) is 21.4. The topological polar surface area (TPSA) is 20.2 Å². The van der Waals surface area contributed by atoms with Crippen LogP contribution in [0.2, 0.25) is 0 Å². The van der Waals surface area contributed by atoms with E-state index in [0.29, 0.717) is 10.8 Å². The molecule has 0 aliphatic heterocycles. The van der Waals surface area contributed by atoms with Crippen molar-refractivity contribution in [2.75, 3.05) is 0 Å². The first-order chi connectivity index (χ1) is 20.2. The first-order valence-corrected chi connectivity index (χ1v) is 17.4. The van der Waals surface area contributed by atoms with E-state index in [-0.39, 0.29) is 6.10 Å². The van der Waals surface area contributed by atoms with Crippen LogP contribution in [0.15, 0.2) is 72.3 Å². The zero-order valence-corrected chi connectivity index (χ0v) is 27.1. The van der Waals surface area contributed by atoms with Gasteiger partial charge in [-0.3, -0.25) is 0 Å². The van der Waals surface area contributed by atoms with E-state index < -0.39 is 0 Å². The molecule has 0 amide bonds. The van der Waals surface area contributed by atoms with Crippen LogP contribution in [-0.2, 0) is 0 Å². The molecule has 3 saturated carbocycles. The summed E-state index contributed by atoms with van der Waals surface area (Å²) >= 11 is 0. The molecule has 1 N–H and O–H groups in total. The number of hydrogen-bond acceptors (Lipinski definition) is 1. The van der Waals surface area contributed by atoms with Crippen molar-refractivity contribution in [1.82, 2.24) is 0 Å². The second-order valence-electron chi connectivity index (χ2n) is 15.7. The average Bonchev–Trinajstić information content (AvgIpc) is 3.35. The summed E-state index contributed by atoms with van der Waals surface area (Å²) in [4.78, 5) is 0. The van der Waals surface area contributed by atoms with Gasteiger partial charge in [0.25, 0.3) is 0 Å². The second-order valence-corrected chi connectivity index (χ2v) is 15.7. The molecule has 3 aromatic rings. The van der Waals surface area contributed by atoms with E-state index in [9.17, 15) is 5.11 Å². The minimum absolute atomic E-state index is 0.0766. The van der Waals surface area contributed by atoms with E-state index in [1.807, 2.05) is 0 Å². The third-order valence-corrected chi connectivity index (χ3v) is 12.9. The van der Waals surface area contributed by atoms with Gasteiger partial charge in [0.15, 0.2) is 0 Å². The van der Waals surface area contributed by atoms with Crippen LogP contribution in [0.25, 0.3) is 21.5 Å². The van der Waals surface area contributed by atoms with Crippen molar-refractivity contribution in [1.29, 1.82) is 0 Å². The Bertz CT molecular complexity index is 1350. The number of rotatable bonds is 5. The van der Waals surface area contributed by atoms with E-state index in [0.717, 1.165) is 48.3 Å². The SMILES string of the molecule is CC(C)CCCC(C)[C@H]1CC[C@H]2[C@@H]3CC=C4C[C@@H](O)CC[C@]4(C)[C@H]3CC[C@]12C.c1ccc2c(c1)ccc1ccccc12. The minimum Gasteiger partial charge on any atom is -0.393 e. The number of hydrogen-bond donors (Lipinski definition) is 1. The molecule has 226 valence electrons. The fraction of sp³-hybridized carbons (Fsp3) is 0.610. The van der Waals surface area contributed by atoms with Crippen LogP contribution >= 0.6 is 0 Å². The summed E-state index contributed by atoms with van der Waals surface area (Å²) in [5, 5.41) is 15.5. The Kier molecular flexibility index (Phi) is 8.63. The Balaban J connectivity index is 0.000000187. The van der Waals surface area contributed by atoms with E-state index in [2.05, 4.69) is 101 Å². The summed E-state index contributed by atoms with van der Waals surface area (Å²) in [5.41, 5.74) is 2.60. The highest BCUT2D eigenvalue weighted by Crippen LogP contribution is 2.67. The molecule has 42 heavy (non-hydrogen) atoms. The predicted octanol–water partition coefficient (Wildman–Crippen LogP) is 11.4. The first kappa shape index (κ1) is 29.9. The van der Waals surface area contributed by atoms with Gasteiger partial charge in [0.1, 0.15) is 0 Å². The Labute approximate surface area is 256 Å². The molecule has 7 rings (SSSR count). The fourth-order valence-electron chi connectivity index (χ4n) is 10.6. The number of fused-ring (bicyclic) bond motifs is 8. The third-order valence-electron chi connectivity index (χ3n) is 12.9. The van der Waals surface area contributed by atoms with Crippen molar-refractivity contribution < 1.29 is 5.11 Å². The Morgan fingerprint density at radius 3 is 2.10 bits per heavy atom. The predicted molar refractivity (Wildman–Crippen MR) is 181 cm³/mol. The van der Waals surface area contributed by atoms with Gasteiger partial charge in [0.2, 0.25) is 0 Å². The monoisotopic (exact) mass is 564 g/mol. The molecule has 0 spiro atoms. The van der Waals surface area contributed by atoms with Gasteiger partial charge in [0.05, 0.1) is 6.10 Å². The highest BCUT2D eigenvalue weighted by atomic mass is 16.3. The van der Waals surface area contributed by atoms with Crippen molar-refractivity contribution in [3.63, 3.8) is 0 Å². The molecule has 4 aliphatic rings. The number of allylic oxidation sites excluding steroid dienone is 1. The summed E-state index contributed by atoms with van der Waals surface area (Å²) in [5.74, 6) is 5.46. The molecule has 1 unspecified atom stereocenters. The zero-order valence-electron chi connectivity index (χ0n) is 27.1. The standard InChI is InChI=1S/C27H46O.C14H10/c1-18(2)7-6-8-19(3)23-11-12-24-22-10-9-20-17-21(28)13-15-26(20,4)25(22)14-16-27(23,24)5;1-3-7-13-11(5-1)9-10-12-6-2-4-8-14(12)13/h9,18-19,21-25,28H,6-8,10-17H2,1-5H3;1-10H/t19?,21-,22-,23+,24-,25-,26-,27+;/m0./s1. The smallest absolute Gasteiger partial charge is 0.0577 e. The highest BCUT2D eigenvalue weighted by molar-refractivity contribution is 6.07. The molecule has 0 saturated heterocycles. The van der Waals surface area contributed by atoms with Gasteiger partial charge in [0, 0.05) is 0 Å². The lowest BCUT2D eigenvalue weighted by atomic mass is 9.47. The number of benzene rings is 3. The van der Waals surface area contributed by atoms with E-state index in [1.165, 1.54) is 79.3 Å². The quantitative estimate of drug-likeness (QED) is 0.241. The Morgan fingerprint density at radius 1 is 0.762 bits per heavy atom. The summed E-state index contributed by atoms with van der Waals surface area (Å²) in [7, 11) is 0. The molecule has 3 fully saturated rings. The van der Waals surface area contributed by atoms with Crippen molar-refractivity contribution in [2.24, 2.45) is 46.3 Å². The summed E-state index contributed by atoms with van der Waals surface area (Å²) < 4.78 is 0. The molecule has 0 aromatic heterocycles. The van der Waals surface area contributed by atoms with Crippen LogP contribution in [0.3, 0.4) is 0 Å².